The van der Waals surface area contributed by atoms with E-state index in [0.29, 0.717) is 5.92 Å². The second-order valence-electron chi connectivity index (χ2n) is 6.25. The first-order chi connectivity index (χ1) is 9.16. The van der Waals surface area contributed by atoms with Gasteiger partial charge >= 0.3 is 0 Å². The van der Waals surface area contributed by atoms with Gasteiger partial charge in [0.1, 0.15) is 0 Å². The summed E-state index contributed by atoms with van der Waals surface area (Å²) in [6.45, 7) is 6.80. The number of hydrogen-bond donors (Lipinski definition) is 1. The predicted octanol–water partition coefficient (Wildman–Crippen LogP) is 4.97. The number of benzene rings is 1. The maximum absolute atomic E-state index is 3.66. The van der Waals surface area contributed by atoms with Crippen LogP contribution in [0.1, 0.15) is 51.0 Å². The van der Waals surface area contributed by atoms with Crippen molar-refractivity contribution in [2.75, 3.05) is 13.1 Å². The van der Waals surface area contributed by atoms with Crippen molar-refractivity contribution >= 4 is 15.9 Å². The molecule has 19 heavy (non-hydrogen) atoms. The molecule has 106 valence electrons. The lowest BCUT2D eigenvalue weighted by Crippen LogP contribution is -2.28. The second kappa shape index (κ2) is 7.44. The summed E-state index contributed by atoms with van der Waals surface area (Å²) in [5, 5.41) is 3.66. The third-order valence-corrected chi connectivity index (χ3v) is 4.71. The van der Waals surface area contributed by atoms with Gasteiger partial charge in [-0.3, -0.25) is 0 Å². The standard InChI is InChI=1S/C17H26BrN/c1-13(2)11-19-12-17(14-5-3-4-6-14)15-7-9-16(18)10-8-15/h7-10,13-14,17,19H,3-6,11-12H2,1-2H3. The van der Waals surface area contributed by atoms with E-state index < -0.39 is 0 Å². The number of nitrogens with one attached hydrogen (secondary N) is 1. The highest BCUT2D eigenvalue weighted by atomic mass is 79.9. The molecule has 1 fully saturated rings. The van der Waals surface area contributed by atoms with Crippen LogP contribution in [-0.4, -0.2) is 13.1 Å². The summed E-state index contributed by atoms with van der Waals surface area (Å²) >= 11 is 3.53. The summed E-state index contributed by atoms with van der Waals surface area (Å²) in [6.07, 6.45) is 5.65. The number of halogens is 1. The molecule has 0 heterocycles. The molecule has 0 spiro atoms. The summed E-state index contributed by atoms with van der Waals surface area (Å²) in [5.74, 6) is 2.30. The quantitative estimate of drug-likeness (QED) is 0.779. The Labute approximate surface area is 126 Å². The topological polar surface area (TPSA) is 12.0 Å². The van der Waals surface area contributed by atoms with Gasteiger partial charge in [-0.25, -0.2) is 0 Å². The van der Waals surface area contributed by atoms with Crippen molar-refractivity contribution in [2.24, 2.45) is 11.8 Å². The van der Waals surface area contributed by atoms with E-state index in [0.717, 1.165) is 24.9 Å². The van der Waals surface area contributed by atoms with Crippen molar-refractivity contribution in [2.45, 2.75) is 45.4 Å². The van der Waals surface area contributed by atoms with E-state index in [1.807, 2.05) is 0 Å². The van der Waals surface area contributed by atoms with Crippen molar-refractivity contribution < 1.29 is 0 Å². The zero-order chi connectivity index (χ0) is 13.7. The molecule has 1 unspecified atom stereocenters. The third-order valence-electron chi connectivity index (χ3n) is 4.18. The molecule has 1 nitrogen and oxygen atoms in total. The van der Waals surface area contributed by atoms with Gasteiger partial charge in [0.05, 0.1) is 0 Å². The second-order valence-corrected chi connectivity index (χ2v) is 7.17. The van der Waals surface area contributed by atoms with E-state index in [4.69, 9.17) is 0 Å². The molecule has 1 saturated carbocycles. The summed E-state index contributed by atoms with van der Waals surface area (Å²) in [4.78, 5) is 0. The van der Waals surface area contributed by atoms with E-state index in [-0.39, 0.29) is 0 Å². The lowest BCUT2D eigenvalue weighted by atomic mass is 9.84. The first kappa shape index (κ1) is 15.1. The molecule has 0 radical (unpaired) electrons. The van der Waals surface area contributed by atoms with Crippen LogP contribution in [0.15, 0.2) is 28.7 Å². The molecule has 1 N–H and O–H groups in total. The minimum atomic E-state index is 0.689. The molecule has 0 aliphatic heterocycles. The molecule has 0 saturated heterocycles. The van der Waals surface area contributed by atoms with Crippen molar-refractivity contribution in [3.8, 4) is 0 Å². The molecule has 2 rings (SSSR count). The molecular formula is C17H26BrN. The van der Waals surface area contributed by atoms with Crippen LogP contribution in [0.3, 0.4) is 0 Å². The minimum Gasteiger partial charge on any atom is -0.316 e. The molecule has 0 aromatic heterocycles. The molecule has 1 aliphatic rings. The summed E-state index contributed by atoms with van der Waals surface area (Å²) < 4.78 is 1.18. The Balaban J connectivity index is 2.02. The van der Waals surface area contributed by atoms with Gasteiger partial charge in [-0.2, -0.15) is 0 Å². The molecule has 1 atom stereocenters. The normalized spacial score (nSPS) is 18.1. The Hall–Kier alpha value is -0.340. The van der Waals surface area contributed by atoms with Crippen LogP contribution in [-0.2, 0) is 0 Å². The first-order valence-electron chi connectivity index (χ1n) is 7.63. The highest BCUT2D eigenvalue weighted by Crippen LogP contribution is 2.37. The molecular weight excluding hydrogens is 298 g/mol. The van der Waals surface area contributed by atoms with Gasteiger partial charge in [0.25, 0.3) is 0 Å². The Morgan fingerprint density at radius 2 is 1.74 bits per heavy atom. The average Bonchev–Trinajstić information content (AvgIpc) is 2.89. The first-order valence-corrected chi connectivity index (χ1v) is 8.42. The van der Waals surface area contributed by atoms with Crippen molar-refractivity contribution in [1.29, 1.82) is 0 Å². The molecule has 0 amide bonds. The average molecular weight is 324 g/mol. The summed E-state index contributed by atoms with van der Waals surface area (Å²) in [6, 6.07) is 8.95. The van der Waals surface area contributed by atoms with Crippen LogP contribution in [0.4, 0.5) is 0 Å². The molecule has 1 aromatic rings. The van der Waals surface area contributed by atoms with Gasteiger partial charge in [0.2, 0.25) is 0 Å². The van der Waals surface area contributed by atoms with E-state index in [2.05, 4.69) is 59.4 Å². The van der Waals surface area contributed by atoms with Gasteiger partial charge in [-0.15, -0.1) is 0 Å². The fraction of sp³-hybridized carbons (Fsp3) is 0.647. The van der Waals surface area contributed by atoms with E-state index >= 15 is 0 Å². The smallest absolute Gasteiger partial charge is 0.0175 e. The van der Waals surface area contributed by atoms with Crippen molar-refractivity contribution in [3.05, 3.63) is 34.3 Å². The maximum atomic E-state index is 3.66. The van der Waals surface area contributed by atoms with Crippen molar-refractivity contribution in [3.63, 3.8) is 0 Å². The highest BCUT2D eigenvalue weighted by Gasteiger charge is 2.25. The van der Waals surface area contributed by atoms with E-state index in [9.17, 15) is 0 Å². The zero-order valence-electron chi connectivity index (χ0n) is 12.2. The zero-order valence-corrected chi connectivity index (χ0v) is 13.7. The van der Waals surface area contributed by atoms with Gasteiger partial charge in [0, 0.05) is 11.0 Å². The van der Waals surface area contributed by atoms with Gasteiger partial charge in [0.15, 0.2) is 0 Å². The Morgan fingerprint density at radius 3 is 2.32 bits per heavy atom. The predicted molar refractivity (Wildman–Crippen MR) is 86.5 cm³/mol. The molecule has 0 bridgehead atoms. The van der Waals surface area contributed by atoms with Crippen molar-refractivity contribution in [1.82, 2.24) is 5.32 Å². The third kappa shape index (κ3) is 4.61. The summed E-state index contributed by atoms with van der Waals surface area (Å²) in [7, 11) is 0. The fourth-order valence-corrected chi connectivity index (χ4v) is 3.42. The van der Waals surface area contributed by atoms with Crippen LogP contribution >= 0.6 is 15.9 Å². The monoisotopic (exact) mass is 323 g/mol. The van der Waals surface area contributed by atoms with Crippen LogP contribution in [0.25, 0.3) is 0 Å². The van der Waals surface area contributed by atoms with Gasteiger partial charge in [-0.1, -0.05) is 54.8 Å². The fourth-order valence-electron chi connectivity index (χ4n) is 3.15. The minimum absolute atomic E-state index is 0.689. The SMILES string of the molecule is CC(C)CNCC(c1ccc(Br)cc1)C1CCCC1. The number of rotatable bonds is 6. The van der Waals surface area contributed by atoms with Crippen LogP contribution in [0.2, 0.25) is 0 Å². The number of hydrogen-bond acceptors (Lipinski definition) is 1. The Morgan fingerprint density at radius 1 is 1.11 bits per heavy atom. The molecule has 1 aromatic carbocycles. The van der Waals surface area contributed by atoms with Crippen LogP contribution in [0, 0.1) is 11.8 Å². The van der Waals surface area contributed by atoms with Crippen LogP contribution in [0.5, 0.6) is 0 Å². The largest absolute Gasteiger partial charge is 0.316 e. The van der Waals surface area contributed by atoms with E-state index in [1.165, 1.54) is 35.7 Å². The lowest BCUT2D eigenvalue weighted by Gasteiger charge is -2.25. The summed E-state index contributed by atoms with van der Waals surface area (Å²) in [5.41, 5.74) is 1.51. The Bertz CT molecular complexity index is 365. The van der Waals surface area contributed by atoms with Gasteiger partial charge < -0.3 is 5.32 Å². The molecule has 1 aliphatic carbocycles. The highest BCUT2D eigenvalue weighted by molar-refractivity contribution is 9.10. The maximum Gasteiger partial charge on any atom is 0.0175 e. The van der Waals surface area contributed by atoms with Gasteiger partial charge in [-0.05, 0) is 54.8 Å². The van der Waals surface area contributed by atoms with E-state index in [1.54, 1.807) is 0 Å². The Kier molecular flexibility index (Phi) is 5.90. The molecule has 2 heteroatoms. The lowest BCUT2D eigenvalue weighted by molar-refractivity contribution is 0.400. The van der Waals surface area contributed by atoms with Crippen LogP contribution < -0.4 is 5.32 Å².